The first-order chi connectivity index (χ1) is 11.7. The second kappa shape index (κ2) is 4.81. The predicted molar refractivity (Wildman–Crippen MR) is 94.2 cm³/mol. The zero-order valence-corrected chi connectivity index (χ0v) is 14.8. The third kappa shape index (κ3) is 2.04. The molecular weight excluding hydrogens is 318 g/mol. The number of nitro benzene ring substituents is 1. The Labute approximate surface area is 146 Å². The molecule has 0 saturated heterocycles. The van der Waals surface area contributed by atoms with Crippen molar-refractivity contribution in [1.29, 1.82) is 0 Å². The van der Waals surface area contributed by atoms with Crippen molar-refractivity contribution in [2.45, 2.75) is 40.2 Å². The van der Waals surface area contributed by atoms with Crippen molar-refractivity contribution in [3.8, 4) is 0 Å². The summed E-state index contributed by atoms with van der Waals surface area (Å²) >= 11 is 0. The van der Waals surface area contributed by atoms with E-state index in [1.54, 1.807) is 24.3 Å². The molecule has 1 fully saturated rings. The molecule has 5 heteroatoms. The van der Waals surface area contributed by atoms with Crippen LogP contribution in [0.1, 0.15) is 44.9 Å². The van der Waals surface area contributed by atoms with E-state index in [1.165, 1.54) is 0 Å². The number of carbonyl (C=O) groups excluding carboxylic acids is 1. The van der Waals surface area contributed by atoms with Gasteiger partial charge in [0, 0.05) is 18.1 Å². The fourth-order valence-electron chi connectivity index (χ4n) is 4.50. The van der Waals surface area contributed by atoms with E-state index < -0.39 is 0 Å². The average molecular weight is 339 g/mol. The van der Waals surface area contributed by atoms with Crippen molar-refractivity contribution < 1.29 is 14.5 Å². The predicted octanol–water partition coefficient (Wildman–Crippen LogP) is 4.57. The monoisotopic (exact) mass is 339 g/mol. The van der Waals surface area contributed by atoms with Crippen LogP contribution < -0.4 is 0 Å². The Kier molecular flexibility index (Phi) is 3.09. The van der Waals surface area contributed by atoms with E-state index >= 15 is 0 Å². The van der Waals surface area contributed by atoms with E-state index in [9.17, 15) is 14.9 Å². The molecule has 0 bridgehead atoms. The van der Waals surface area contributed by atoms with Crippen LogP contribution in [-0.2, 0) is 16.0 Å². The average Bonchev–Trinajstić information content (AvgIpc) is 2.77. The molecule has 0 radical (unpaired) electrons. The molecule has 1 unspecified atom stereocenters. The summed E-state index contributed by atoms with van der Waals surface area (Å²) in [5.41, 5.74) is 1.84. The number of nitrogens with zero attached hydrogens (tertiary/aromatic N) is 1. The van der Waals surface area contributed by atoms with E-state index in [-0.39, 0.29) is 39.4 Å². The van der Waals surface area contributed by atoms with Crippen molar-refractivity contribution in [3.63, 3.8) is 0 Å². The van der Waals surface area contributed by atoms with Gasteiger partial charge in [-0.05, 0) is 27.8 Å². The SMILES string of the molecule is CC1(C)C(C(=O)OC2Cc3ccc([N+](=O)[O-])c4cccc2c34)C1(C)C. The number of hydrogen-bond donors (Lipinski definition) is 0. The summed E-state index contributed by atoms with van der Waals surface area (Å²) in [6, 6.07) is 8.79. The normalized spacial score (nSPS) is 22.8. The zero-order valence-electron chi connectivity index (χ0n) is 14.8. The Morgan fingerprint density at radius 1 is 1.16 bits per heavy atom. The van der Waals surface area contributed by atoms with Crippen LogP contribution in [0, 0.1) is 26.9 Å². The van der Waals surface area contributed by atoms with Gasteiger partial charge in [-0.15, -0.1) is 0 Å². The van der Waals surface area contributed by atoms with Crippen LogP contribution in [0.25, 0.3) is 10.8 Å². The van der Waals surface area contributed by atoms with Crippen molar-refractivity contribution >= 4 is 22.4 Å². The van der Waals surface area contributed by atoms with Crippen LogP contribution >= 0.6 is 0 Å². The maximum atomic E-state index is 12.7. The topological polar surface area (TPSA) is 69.4 Å². The molecule has 2 aliphatic carbocycles. The molecule has 25 heavy (non-hydrogen) atoms. The van der Waals surface area contributed by atoms with Crippen LogP contribution in [0.3, 0.4) is 0 Å². The van der Waals surface area contributed by atoms with Gasteiger partial charge in [0.2, 0.25) is 0 Å². The van der Waals surface area contributed by atoms with Crippen molar-refractivity contribution in [3.05, 3.63) is 51.6 Å². The molecule has 2 aliphatic rings. The molecule has 2 aromatic carbocycles. The van der Waals surface area contributed by atoms with Gasteiger partial charge in [-0.25, -0.2) is 0 Å². The Balaban J connectivity index is 1.68. The standard InChI is InChI=1S/C20H21NO4/c1-19(2)17(20(19,3)4)18(22)25-15-10-11-8-9-14(21(23)24)12-6-5-7-13(15)16(11)12/h5-9,15,17H,10H2,1-4H3. The Bertz CT molecular complexity index is 915. The lowest BCUT2D eigenvalue weighted by Gasteiger charge is -2.14. The minimum Gasteiger partial charge on any atom is -0.457 e. The number of esters is 1. The van der Waals surface area contributed by atoms with Crippen LogP contribution in [0.4, 0.5) is 5.69 Å². The van der Waals surface area contributed by atoms with E-state index in [1.807, 2.05) is 6.07 Å². The summed E-state index contributed by atoms with van der Waals surface area (Å²) in [7, 11) is 0. The summed E-state index contributed by atoms with van der Waals surface area (Å²) in [6.07, 6.45) is 0.216. The maximum Gasteiger partial charge on any atom is 0.310 e. The third-order valence-electron chi connectivity index (χ3n) is 6.60. The second-order valence-electron chi connectivity index (χ2n) is 8.28. The number of hydrogen-bond acceptors (Lipinski definition) is 4. The summed E-state index contributed by atoms with van der Waals surface area (Å²) in [5.74, 6) is -0.281. The van der Waals surface area contributed by atoms with Gasteiger partial charge in [-0.1, -0.05) is 45.9 Å². The molecule has 0 spiro atoms. The van der Waals surface area contributed by atoms with E-state index in [0.717, 1.165) is 16.5 Å². The third-order valence-corrected chi connectivity index (χ3v) is 6.60. The lowest BCUT2D eigenvalue weighted by molar-refractivity contribution is -0.383. The molecule has 0 aromatic heterocycles. The molecule has 0 amide bonds. The highest BCUT2D eigenvalue weighted by atomic mass is 16.6. The van der Waals surface area contributed by atoms with Crippen LogP contribution in [0.15, 0.2) is 30.3 Å². The van der Waals surface area contributed by atoms with E-state index in [4.69, 9.17) is 4.74 Å². The number of nitro groups is 1. The Hall–Kier alpha value is -2.43. The first-order valence-electron chi connectivity index (χ1n) is 8.55. The van der Waals surface area contributed by atoms with Crippen LogP contribution in [0.5, 0.6) is 0 Å². The van der Waals surface area contributed by atoms with Gasteiger partial charge in [0.15, 0.2) is 0 Å². The summed E-state index contributed by atoms with van der Waals surface area (Å²) in [5, 5.41) is 12.8. The Morgan fingerprint density at radius 2 is 1.84 bits per heavy atom. The number of carbonyl (C=O) groups is 1. The molecule has 5 nitrogen and oxygen atoms in total. The number of ether oxygens (including phenoxy) is 1. The highest BCUT2D eigenvalue weighted by molar-refractivity contribution is 5.97. The van der Waals surface area contributed by atoms with E-state index in [0.29, 0.717) is 11.8 Å². The number of non-ortho nitro benzene ring substituents is 1. The molecule has 0 aliphatic heterocycles. The maximum absolute atomic E-state index is 12.7. The van der Waals surface area contributed by atoms with Gasteiger partial charge in [-0.2, -0.15) is 0 Å². The molecular formula is C20H21NO4. The molecule has 1 atom stereocenters. The largest absolute Gasteiger partial charge is 0.457 e. The lowest BCUT2D eigenvalue weighted by Crippen LogP contribution is -2.15. The fourth-order valence-corrected chi connectivity index (χ4v) is 4.50. The quantitative estimate of drug-likeness (QED) is 0.466. The van der Waals surface area contributed by atoms with Crippen molar-refractivity contribution in [1.82, 2.24) is 0 Å². The van der Waals surface area contributed by atoms with Crippen LogP contribution in [-0.4, -0.2) is 10.9 Å². The highest BCUT2D eigenvalue weighted by Crippen LogP contribution is 2.69. The second-order valence-corrected chi connectivity index (χ2v) is 8.28. The molecule has 4 rings (SSSR count). The molecule has 2 aromatic rings. The van der Waals surface area contributed by atoms with Crippen molar-refractivity contribution in [2.24, 2.45) is 16.7 Å². The first kappa shape index (κ1) is 16.1. The minimum atomic E-state index is -0.364. The fraction of sp³-hybridized carbons (Fsp3) is 0.450. The summed E-state index contributed by atoms with van der Waals surface area (Å²) in [6.45, 7) is 8.36. The summed E-state index contributed by atoms with van der Waals surface area (Å²) < 4.78 is 5.87. The van der Waals surface area contributed by atoms with Gasteiger partial charge in [0.05, 0.1) is 16.2 Å². The smallest absolute Gasteiger partial charge is 0.310 e. The van der Waals surface area contributed by atoms with Gasteiger partial charge in [0.25, 0.3) is 5.69 Å². The molecule has 0 N–H and O–H groups in total. The van der Waals surface area contributed by atoms with Crippen LogP contribution in [0.2, 0.25) is 0 Å². The number of rotatable bonds is 3. The highest BCUT2D eigenvalue weighted by Gasteiger charge is 2.69. The minimum absolute atomic E-state index is 0.0691. The van der Waals surface area contributed by atoms with Gasteiger partial charge in [0.1, 0.15) is 6.10 Å². The summed E-state index contributed by atoms with van der Waals surface area (Å²) in [4.78, 5) is 23.6. The molecule has 0 heterocycles. The Morgan fingerprint density at radius 3 is 2.44 bits per heavy atom. The number of benzene rings is 2. The van der Waals surface area contributed by atoms with Gasteiger partial charge < -0.3 is 4.74 Å². The van der Waals surface area contributed by atoms with E-state index in [2.05, 4.69) is 27.7 Å². The molecule has 130 valence electrons. The van der Waals surface area contributed by atoms with Crippen molar-refractivity contribution in [2.75, 3.05) is 0 Å². The molecule has 1 saturated carbocycles. The lowest BCUT2D eigenvalue weighted by atomic mass is 10.0. The van der Waals surface area contributed by atoms with Gasteiger partial charge >= 0.3 is 5.97 Å². The zero-order chi connectivity index (χ0) is 18.1. The van der Waals surface area contributed by atoms with Gasteiger partial charge in [-0.3, -0.25) is 14.9 Å². The first-order valence-corrected chi connectivity index (χ1v) is 8.55.